The number of nitrogens with one attached hydrogen (secondary N) is 3. The Labute approximate surface area is 129 Å². The van der Waals surface area contributed by atoms with E-state index in [0.29, 0.717) is 17.1 Å². The highest BCUT2D eigenvalue weighted by molar-refractivity contribution is 5.89. The summed E-state index contributed by atoms with van der Waals surface area (Å²) in [6.07, 6.45) is 1.57. The molecule has 2 amide bonds. The third-order valence-corrected chi connectivity index (χ3v) is 2.71. The molecule has 0 bridgehead atoms. The summed E-state index contributed by atoms with van der Waals surface area (Å²) in [5.74, 6) is 0.630. The first-order chi connectivity index (χ1) is 10.6. The largest absolute Gasteiger partial charge is 0.340 e. The van der Waals surface area contributed by atoms with E-state index in [2.05, 4.69) is 27.0 Å². The number of aromatic nitrogens is 1. The Hall–Kier alpha value is -3.07. The number of carbonyl (C=O) groups is 1. The number of nitrogens with zero attached hydrogens (tertiary/aromatic N) is 2. The van der Waals surface area contributed by atoms with Crippen LogP contribution in [0.25, 0.3) is 0 Å². The van der Waals surface area contributed by atoms with Gasteiger partial charge in [0.25, 0.3) is 0 Å². The molecule has 2 aromatic rings. The average molecular weight is 295 g/mol. The van der Waals surface area contributed by atoms with Crippen LogP contribution in [0.3, 0.4) is 0 Å². The minimum Gasteiger partial charge on any atom is -0.340 e. The minimum absolute atomic E-state index is 0.0707. The van der Waals surface area contributed by atoms with E-state index in [1.165, 1.54) is 0 Å². The van der Waals surface area contributed by atoms with Crippen LogP contribution in [0, 0.1) is 11.3 Å². The summed E-state index contributed by atoms with van der Waals surface area (Å²) >= 11 is 0. The van der Waals surface area contributed by atoms with Gasteiger partial charge in [0.1, 0.15) is 5.82 Å². The third-order valence-electron chi connectivity index (χ3n) is 2.71. The first-order valence-corrected chi connectivity index (χ1v) is 6.87. The molecule has 0 unspecified atom stereocenters. The lowest BCUT2D eigenvalue weighted by molar-refractivity contribution is 0.250. The highest BCUT2D eigenvalue weighted by Crippen LogP contribution is 2.17. The number of carbonyl (C=O) groups excluding carboxylic acids is 1. The maximum Gasteiger partial charge on any atom is 0.319 e. The zero-order valence-electron chi connectivity index (χ0n) is 12.4. The lowest BCUT2D eigenvalue weighted by Crippen LogP contribution is -2.34. The molecule has 0 radical (unpaired) electrons. The van der Waals surface area contributed by atoms with Gasteiger partial charge in [-0.2, -0.15) is 5.26 Å². The number of hydrogen-bond acceptors (Lipinski definition) is 4. The molecule has 3 N–H and O–H groups in total. The molecule has 0 aliphatic heterocycles. The van der Waals surface area contributed by atoms with Crippen molar-refractivity contribution in [2.45, 2.75) is 19.9 Å². The lowest BCUT2D eigenvalue weighted by Gasteiger charge is -2.10. The van der Waals surface area contributed by atoms with E-state index < -0.39 is 0 Å². The quantitative estimate of drug-likeness (QED) is 0.807. The molecule has 0 atom stereocenters. The lowest BCUT2D eigenvalue weighted by atomic mass is 10.2. The number of hydrogen-bond donors (Lipinski definition) is 3. The van der Waals surface area contributed by atoms with Gasteiger partial charge in [-0.05, 0) is 44.2 Å². The van der Waals surface area contributed by atoms with Gasteiger partial charge >= 0.3 is 6.03 Å². The second-order valence-corrected chi connectivity index (χ2v) is 5.00. The van der Waals surface area contributed by atoms with Crippen molar-refractivity contribution >= 4 is 23.2 Å². The SMILES string of the molecule is CC(C)NC(=O)Nc1ccc(Nc2cccc(C#N)c2)nc1. The molecular formula is C16H17N5O. The van der Waals surface area contributed by atoms with E-state index in [0.717, 1.165) is 5.69 Å². The molecule has 0 saturated heterocycles. The summed E-state index contributed by atoms with van der Waals surface area (Å²) in [4.78, 5) is 15.8. The van der Waals surface area contributed by atoms with E-state index in [1.807, 2.05) is 19.9 Å². The number of urea groups is 1. The van der Waals surface area contributed by atoms with Crippen molar-refractivity contribution in [3.8, 4) is 6.07 Å². The van der Waals surface area contributed by atoms with Crippen LogP contribution in [-0.4, -0.2) is 17.1 Å². The first kappa shape index (κ1) is 15.3. The normalized spacial score (nSPS) is 9.91. The smallest absolute Gasteiger partial charge is 0.319 e. The zero-order chi connectivity index (χ0) is 15.9. The highest BCUT2D eigenvalue weighted by atomic mass is 16.2. The number of anilines is 3. The molecule has 0 aliphatic carbocycles. The summed E-state index contributed by atoms with van der Waals surface area (Å²) in [7, 11) is 0. The highest BCUT2D eigenvalue weighted by Gasteiger charge is 2.04. The van der Waals surface area contributed by atoms with Crippen LogP contribution in [0.15, 0.2) is 42.6 Å². The summed E-state index contributed by atoms with van der Waals surface area (Å²) in [5.41, 5.74) is 1.97. The van der Waals surface area contributed by atoms with E-state index >= 15 is 0 Å². The molecule has 0 aliphatic rings. The summed E-state index contributed by atoms with van der Waals surface area (Å²) < 4.78 is 0. The molecule has 112 valence electrons. The van der Waals surface area contributed by atoms with E-state index in [1.54, 1.807) is 36.5 Å². The summed E-state index contributed by atoms with van der Waals surface area (Å²) in [6.45, 7) is 3.78. The van der Waals surface area contributed by atoms with Crippen LogP contribution in [-0.2, 0) is 0 Å². The maximum absolute atomic E-state index is 11.6. The maximum atomic E-state index is 11.6. The predicted molar refractivity (Wildman–Crippen MR) is 86.0 cm³/mol. The number of benzene rings is 1. The molecule has 0 spiro atoms. The fraction of sp³-hybridized carbons (Fsp3) is 0.188. The van der Waals surface area contributed by atoms with Crippen LogP contribution < -0.4 is 16.0 Å². The third kappa shape index (κ3) is 4.49. The zero-order valence-corrected chi connectivity index (χ0v) is 12.4. The Morgan fingerprint density at radius 2 is 2.05 bits per heavy atom. The molecule has 6 nitrogen and oxygen atoms in total. The molecule has 22 heavy (non-hydrogen) atoms. The fourth-order valence-corrected chi connectivity index (χ4v) is 1.79. The molecule has 0 saturated carbocycles. The first-order valence-electron chi connectivity index (χ1n) is 6.87. The molecule has 6 heteroatoms. The molecular weight excluding hydrogens is 278 g/mol. The predicted octanol–water partition coefficient (Wildman–Crippen LogP) is 3.23. The Morgan fingerprint density at radius 1 is 1.23 bits per heavy atom. The Morgan fingerprint density at radius 3 is 2.68 bits per heavy atom. The van der Waals surface area contributed by atoms with Crippen LogP contribution in [0.1, 0.15) is 19.4 Å². The second-order valence-electron chi connectivity index (χ2n) is 5.00. The van der Waals surface area contributed by atoms with E-state index in [-0.39, 0.29) is 12.1 Å². The van der Waals surface area contributed by atoms with Crippen molar-refractivity contribution in [3.63, 3.8) is 0 Å². The Bertz CT molecular complexity index is 688. The topological polar surface area (TPSA) is 89.8 Å². The van der Waals surface area contributed by atoms with Crippen LogP contribution >= 0.6 is 0 Å². The fourth-order valence-electron chi connectivity index (χ4n) is 1.79. The van der Waals surface area contributed by atoms with Crippen molar-refractivity contribution in [1.82, 2.24) is 10.3 Å². The van der Waals surface area contributed by atoms with Gasteiger partial charge in [-0.25, -0.2) is 9.78 Å². The van der Waals surface area contributed by atoms with Gasteiger partial charge in [0.15, 0.2) is 0 Å². The number of pyridine rings is 1. The molecule has 1 aromatic heterocycles. The van der Waals surface area contributed by atoms with Gasteiger partial charge in [0, 0.05) is 11.7 Å². The van der Waals surface area contributed by atoms with Gasteiger partial charge in [0.05, 0.1) is 23.5 Å². The van der Waals surface area contributed by atoms with Gasteiger partial charge in [-0.3, -0.25) is 0 Å². The van der Waals surface area contributed by atoms with Crippen molar-refractivity contribution in [3.05, 3.63) is 48.2 Å². The average Bonchev–Trinajstić information content (AvgIpc) is 2.48. The van der Waals surface area contributed by atoms with Gasteiger partial charge in [-0.15, -0.1) is 0 Å². The second kappa shape index (κ2) is 7.09. The van der Waals surface area contributed by atoms with Gasteiger partial charge < -0.3 is 16.0 Å². The van der Waals surface area contributed by atoms with E-state index in [9.17, 15) is 4.79 Å². The van der Waals surface area contributed by atoms with Crippen molar-refractivity contribution < 1.29 is 4.79 Å². The van der Waals surface area contributed by atoms with Crippen molar-refractivity contribution in [2.24, 2.45) is 0 Å². The Balaban J connectivity index is 2.00. The van der Waals surface area contributed by atoms with Crippen molar-refractivity contribution in [2.75, 3.05) is 10.6 Å². The van der Waals surface area contributed by atoms with Crippen LogP contribution in [0.2, 0.25) is 0 Å². The number of amides is 2. The summed E-state index contributed by atoms with van der Waals surface area (Å²) in [6, 6.07) is 12.5. The van der Waals surface area contributed by atoms with Gasteiger partial charge in [-0.1, -0.05) is 6.07 Å². The van der Waals surface area contributed by atoms with Crippen molar-refractivity contribution in [1.29, 1.82) is 5.26 Å². The van der Waals surface area contributed by atoms with Crippen LogP contribution in [0.4, 0.5) is 22.0 Å². The van der Waals surface area contributed by atoms with E-state index in [4.69, 9.17) is 5.26 Å². The van der Waals surface area contributed by atoms with Crippen LogP contribution in [0.5, 0.6) is 0 Å². The standard InChI is InChI=1S/C16H17N5O/c1-11(2)19-16(22)21-14-6-7-15(18-10-14)20-13-5-3-4-12(8-13)9-17/h3-8,10-11H,1-2H3,(H,18,20)(H2,19,21,22). The summed E-state index contributed by atoms with van der Waals surface area (Å²) in [5, 5.41) is 17.4. The number of nitriles is 1. The molecule has 2 rings (SSSR count). The molecule has 0 fully saturated rings. The monoisotopic (exact) mass is 295 g/mol. The van der Waals surface area contributed by atoms with Gasteiger partial charge in [0.2, 0.25) is 0 Å². The Kier molecular flexibility index (Phi) is 4.94. The number of rotatable bonds is 4. The molecule has 1 aromatic carbocycles. The molecule has 1 heterocycles. The minimum atomic E-state index is -0.265.